The summed E-state index contributed by atoms with van der Waals surface area (Å²) in [6.45, 7) is 0. The van der Waals surface area contributed by atoms with Crippen LogP contribution >= 0.6 is 0 Å². The molecular weight excluding hydrogens is 232 g/mol. The summed E-state index contributed by atoms with van der Waals surface area (Å²) in [7, 11) is 0. The molecule has 0 amide bonds. The van der Waals surface area contributed by atoms with Gasteiger partial charge in [-0.05, 0) is 18.2 Å². The molecule has 0 N–H and O–H groups in total. The molecule has 1 aromatic carbocycles. The fourth-order valence-electron chi connectivity index (χ4n) is 1.72. The van der Waals surface area contributed by atoms with Gasteiger partial charge in [0.05, 0.1) is 0 Å². The van der Waals surface area contributed by atoms with E-state index >= 15 is 0 Å². The first-order chi connectivity index (χ1) is 8.75. The van der Waals surface area contributed by atoms with Crippen molar-refractivity contribution in [1.29, 1.82) is 0 Å². The van der Waals surface area contributed by atoms with Crippen LogP contribution in [-0.4, -0.2) is 15.7 Å². The van der Waals surface area contributed by atoms with E-state index in [2.05, 4.69) is 5.10 Å². The third kappa shape index (κ3) is 1.62. The molecule has 0 aliphatic rings. The normalized spacial score (nSPS) is 10.7. The van der Waals surface area contributed by atoms with Gasteiger partial charge in [-0.3, -0.25) is 4.79 Å². The molecule has 0 atom stereocenters. The second-order valence-electron chi connectivity index (χ2n) is 3.74. The zero-order valence-corrected chi connectivity index (χ0v) is 9.24. The van der Waals surface area contributed by atoms with Crippen LogP contribution in [0.3, 0.4) is 0 Å². The molecule has 0 radical (unpaired) electrons. The van der Waals surface area contributed by atoms with Gasteiger partial charge in [0.25, 0.3) is 5.91 Å². The van der Waals surface area contributed by atoms with Crippen LogP contribution in [0.15, 0.2) is 58.0 Å². The Labute approximate surface area is 101 Å². The fourth-order valence-corrected chi connectivity index (χ4v) is 1.72. The van der Waals surface area contributed by atoms with E-state index < -0.39 is 11.5 Å². The Bertz CT molecular complexity index is 772. The highest BCUT2D eigenvalue weighted by Gasteiger charge is 2.15. The van der Waals surface area contributed by atoms with Crippen molar-refractivity contribution < 1.29 is 9.21 Å². The van der Waals surface area contributed by atoms with Crippen LogP contribution in [0.5, 0.6) is 0 Å². The number of fused-ring (bicyclic) bond motifs is 1. The smallest absolute Gasteiger partial charge is 0.349 e. The summed E-state index contributed by atoms with van der Waals surface area (Å²) >= 11 is 0. The first-order valence-electron chi connectivity index (χ1n) is 5.33. The number of hydrogen-bond donors (Lipinski definition) is 0. The van der Waals surface area contributed by atoms with Crippen molar-refractivity contribution in [3.63, 3.8) is 0 Å². The van der Waals surface area contributed by atoms with E-state index in [9.17, 15) is 9.59 Å². The molecule has 2 heterocycles. The van der Waals surface area contributed by atoms with Gasteiger partial charge in [0.1, 0.15) is 11.1 Å². The van der Waals surface area contributed by atoms with Crippen LogP contribution in [0, 0.1) is 0 Å². The van der Waals surface area contributed by atoms with Gasteiger partial charge in [0.15, 0.2) is 0 Å². The molecule has 3 aromatic rings. The highest BCUT2D eigenvalue weighted by atomic mass is 16.4. The van der Waals surface area contributed by atoms with Gasteiger partial charge in [0.2, 0.25) is 0 Å². The van der Waals surface area contributed by atoms with Crippen molar-refractivity contribution in [2.75, 3.05) is 0 Å². The SMILES string of the molecule is O=C(c1cc2ccccc2oc1=O)n1cccn1. The third-order valence-corrected chi connectivity index (χ3v) is 2.58. The van der Waals surface area contributed by atoms with Gasteiger partial charge in [-0.25, -0.2) is 9.48 Å². The summed E-state index contributed by atoms with van der Waals surface area (Å²) in [5.74, 6) is -0.500. The zero-order valence-electron chi connectivity index (χ0n) is 9.24. The van der Waals surface area contributed by atoms with Crippen molar-refractivity contribution in [2.45, 2.75) is 0 Å². The van der Waals surface area contributed by atoms with E-state index in [1.54, 1.807) is 24.3 Å². The lowest BCUT2D eigenvalue weighted by Crippen LogP contribution is -2.20. The Hall–Kier alpha value is -2.69. The maximum Gasteiger partial charge on any atom is 0.349 e. The number of carbonyl (C=O) groups excluding carboxylic acids is 1. The molecule has 18 heavy (non-hydrogen) atoms. The molecule has 2 aromatic heterocycles. The molecule has 0 spiro atoms. The van der Waals surface area contributed by atoms with Crippen molar-refractivity contribution in [2.24, 2.45) is 0 Å². The number of benzene rings is 1. The molecule has 5 heteroatoms. The second-order valence-corrected chi connectivity index (χ2v) is 3.74. The molecule has 0 aliphatic carbocycles. The molecule has 5 nitrogen and oxygen atoms in total. The Morgan fingerprint density at radius 2 is 2.06 bits per heavy atom. The average molecular weight is 240 g/mol. The van der Waals surface area contributed by atoms with Crippen molar-refractivity contribution in [1.82, 2.24) is 9.78 Å². The third-order valence-electron chi connectivity index (χ3n) is 2.58. The van der Waals surface area contributed by atoms with Crippen LogP contribution in [0.1, 0.15) is 10.4 Å². The van der Waals surface area contributed by atoms with Gasteiger partial charge in [0, 0.05) is 17.8 Å². The minimum Gasteiger partial charge on any atom is -0.422 e. The molecule has 0 saturated heterocycles. The lowest BCUT2D eigenvalue weighted by atomic mass is 10.2. The van der Waals surface area contributed by atoms with Crippen LogP contribution in [0.2, 0.25) is 0 Å². The van der Waals surface area contributed by atoms with Crippen LogP contribution in [-0.2, 0) is 0 Å². The molecule has 88 valence electrons. The topological polar surface area (TPSA) is 65.1 Å². The lowest BCUT2D eigenvalue weighted by Gasteiger charge is -2.01. The van der Waals surface area contributed by atoms with Crippen molar-refractivity contribution in [3.8, 4) is 0 Å². The second kappa shape index (κ2) is 3.96. The quantitative estimate of drug-likeness (QED) is 0.607. The molecular formula is C13H8N2O3. The van der Waals surface area contributed by atoms with E-state index in [-0.39, 0.29) is 5.56 Å². The van der Waals surface area contributed by atoms with E-state index in [4.69, 9.17) is 4.42 Å². The van der Waals surface area contributed by atoms with Gasteiger partial charge in [-0.2, -0.15) is 5.10 Å². The summed E-state index contributed by atoms with van der Waals surface area (Å²) in [5, 5.41) is 4.50. The van der Waals surface area contributed by atoms with Crippen LogP contribution < -0.4 is 5.63 Å². The number of hydrogen-bond acceptors (Lipinski definition) is 4. The van der Waals surface area contributed by atoms with Gasteiger partial charge in [-0.15, -0.1) is 0 Å². The molecule has 0 fully saturated rings. The summed E-state index contributed by atoms with van der Waals surface area (Å²) in [5.41, 5.74) is -0.230. The summed E-state index contributed by atoms with van der Waals surface area (Å²) in [6, 6.07) is 10.2. The number of nitrogens with zero attached hydrogens (tertiary/aromatic N) is 2. The number of para-hydroxylation sites is 1. The molecule has 0 saturated carbocycles. The number of aromatic nitrogens is 2. The van der Waals surface area contributed by atoms with Crippen molar-refractivity contribution >= 4 is 16.9 Å². The maximum absolute atomic E-state index is 12.0. The zero-order chi connectivity index (χ0) is 12.5. The first-order valence-corrected chi connectivity index (χ1v) is 5.33. The van der Waals surface area contributed by atoms with Crippen molar-refractivity contribution in [3.05, 3.63) is 64.8 Å². The van der Waals surface area contributed by atoms with E-state index in [1.807, 2.05) is 6.07 Å². The summed E-state index contributed by atoms with van der Waals surface area (Å²) in [4.78, 5) is 23.8. The highest BCUT2D eigenvalue weighted by molar-refractivity contribution is 5.97. The largest absolute Gasteiger partial charge is 0.422 e. The van der Waals surface area contributed by atoms with E-state index in [0.29, 0.717) is 11.0 Å². The fraction of sp³-hybridized carbons (Fsp3) is 0. The Balaban J connectivity index is 2.21. The van der Waals surface area contributed by atoms with Gasteiger partial charge >= 0.3 is 5.63 Å². The highest BCUT2D eigenvalue weighted by Crippen LogP contribution is 2.13. The molecule has 3 rings (SSSR count). The predicted octanol–water partition coefficient (Wildman–Crippen LogP) is 1.68. The number of carbonyl (C=O) groups is 1. The molecule has 0 unspecified atom stereocenters. The summed E-state index contributed by atoms with van der Waals surface area (Å²) in [6.07, 6.45) is 2.96. The van der Waals surface area contributed by atoms with Crippen LogP contribution in [0.4, 0.5) is 0 Å². The predicted molar refractivity (Wildman–Crippen MR) is 64.4 cm³/mol. The Kier molecular flexibility index (Phi) is 2.30. The minimum absolute atomic E-state index is 0.0302. The maximum atomic E-state index is 12.0. The molecule has 0 aliphatic heterocycles. The van der Waals surface area contributed by atoms with Gasteiger partial charge < -0.3 is 4.42 Å². The summed E-state index contributed by atoms with van der Waals surface area (Å²) < 4.78 is 6.19. The minimum atomic E-state index is -0.658. The van der Waals surface area contributed by atoms with Gasteiger partial charge in [-0.1, -0.05) is 18.2 Å². The van der Waals surface area contributed by atoms with Crippen LogP contribution in [0.25, 0.3) is 11.0 Å². The first kappa shape index (κ1) is 10.5. The number of rotatable bonds is 1. The van der Waals surface area contributed by atoms with E-state index in [1.165, 1.54) is 18.5 Å². The van der Waals surface area contributed by atoms with E-state index in [0.717, 1.165) is 4.68 Å². The average Bonchev–Trinajstić information content (AvgIpc) is 2.91. The standard InChI is InChI=1S/C13H8N2O3/c16-12(15-7-3-6-14-15)10-8-9-4-1-2-5-11(9)18-13(10)17/h1-8H. The Morgan fingerprint density at radius 3 is 2.83 bits per heavy atom. The Morgan fingerprint density at radius 1 is 1.22 bits per heavy atom. The monoisotopic (exact) mass is 240 g/mol. The molecule has 0 bridgehead atoms. The lowest BCUT2D eigenvalue weighted by molar-refractivity contribution is 0.0941.